The molecule has 0 radical (unpaired) electrons. The van der Waals surface area contributed by atoms with Gasteiger partial charge >= 0.3 is 0 Å². The van der Waals surface area contributed by atoms with Gasteiger partial charge in [0.2, 0.25) is 5.91 Å². The molecule has 0 unspecified atom stereocenters. The van der Waals surface area contributed by atoms with E-state index in [0.29, 0.717) is 6.42 Å². The summed E-state index contributed by atoms with van der Waals surface area (Å²) in [6, 6.07) is 0. The Morgan fingerprint density at radius 1 is 1.50 bits per heavy atom. The molecule has 0 atom stereocenters. The van der Waals surface area contributed by atoms with E-state index < -0.39 is 0 Å². The largest absolute Gasteiger partial charge is 0.370 e. The van der Waals surface area contributed by atoms with Crippen LogP contribution in [0.2, 0.25) is 0 Å². The van der Waals surface area contributed by atoms with Gasteiger partial charge in [0.1, 0.15) is 0 Å². The summed E-state index contributed by atoms with van der Waals surface area (Å²) in [5.74, 6) is -0.227. The van der Waals surface area contributed by atoms with Crippen molar-refractivity contribution in [3.63, 3.8) is 0 Å². The van der Waals surface area contributed by atoms with Crippen LogP contribution in [-0.4, -0.2) is 5.91 Å². The van der Waals surface area contributed by atoms with Gasteiger partial charge in [0.05, 0.1) is 0 Å². The van der Waals surface area contributed by atoms with Crippen molar-refractivity contribution in [1.82, 2.24) is 0 Å². The van der Waals surface area contributed by atoms with Crippen molar-refractivity contribution >= 4 is 17.5 Å². The van der Waals surface area contributed by atoms with E-state index in [1.165, 1.54) is 5.54 Å². The Balaban J connectivity index is 2.98. The number of amides is 1. The highest BCUT2D eigenvalue weighted by Crippen LogP contribution is 2.00. The summed E-state index contributed by atoms with van der Waals surface area (Å²) in [6.07, 6.45) is 5.11. The molecule has 0 heterocycles. The minimum absolute atomic E-state index is 0.227. The highest BCUT2D eigenvalue weighted by atomic mass is 35.5. The van der Waals surface area contributed by atoms with Crippen molar-refractivity contribution in [2.45, 2.75) is 25.7 Å². The average molecular weight is 162 g/mol. The lowest BCUT2D eigenvalue weighted by atomic mass is 10.2. The number of halogens is 1. The van der Waals surface area contributed by atoms with Gasteiger partial charge in [0.25, 0.3) is 0 Å². The highest BCUT2D eigenvalue weighted by molar-refractivity contribution is 6.25. The Morgan fingerprint density at radius 2 is 2.20 bits per heavy atom. The first-order valence-electron chi connectivity index (χ1n) is 3.31. The minimum atomic E-state index is -0.227. The first kappa shape index (κ1) is 9.50. The monoisotopic (exact) mass is 161 g/mol. The molecule has 0 aliphatic rings. The number of hydrogen-bond acceptors (Lipinski definition) is 1. The predicted molar refractivity (Wildman–Crippen MR) is 42.7 cm³/mol. The van der Waals surface area contributed by atoms with Crippen molar-refractivity contribution in [3.8, 4) is 0 Å². The molecule has 0 bridgehead atoms. The number of primary amides is 1. The zero-order valence-corrected chi connectivity index (χ0v) is 6.60. The fourth-order valence-electron chi connectivity index (χ4n) is 0.624. The van der Waals surface area contributed by atoms with E-state index in [2.05, 4.69) is 0 Å². The van der Waals surface area contributed by atoms with Gasteiger partial charge in [-0.15, -0.1) is 0 Å². The summed E-state index contributed by atoms with van der Waals surface area (Å²) in [5, 5.41) is 0. The molecule has 0 spiro atoms. The molecule has 3 heteroatoms. The van der Waals surface area contributed by atoms with Gasteiger partial charge in [-0.25, -0.2) is 0 Å². The van der Waals surface area contributed by atoms with E-state index in [1.54, 1.807) is 0 Å². The van der Waals surface area contributed by atoms with Crippen molar-refractivity contribution in [3.05, 3.63) is 11.6 Å². The third kappa shape index (κ3) is 7.50. The summed E-state index contributed by atoms with van der Waals surface area (Å²) in [6.45, 7) is 0. The van der Waals surface area contributed by atoms with Crippen LogP contribution in [-0.2, 0) is 4.79 Å². The van der Waals surface area contributed by atoms with Gasteiger partial charge < -0.3 is 5.73 Å². The second-order valence-electron chi connectivity index (χ2n) is 2.07. The number of allylic oxidation sites excluding steroid dienone is 1. The van der Waals surface area contributed by atoms with Crippen LogP contribution in [0.1, 0.15) is 25.7 Å². The summed E-state index contributed by atoms with van der Waals surface area (Å²) >= 11 is 5.27. The van der Waals surface area contributed by atoms with Crippen LogP contribution < -0.4 is 5.73 Å². The molecule has 58 valence electrons. The average Bonchev–Trinajstić information content (AvgIpc) is 1.87. The van der Waals surface area contributed by atoms with E-state index in [4.69, 9.17) is 17.3 Å². The highest BCUT2D eigenvalue weighted by Gasteiger charge is 1.91. The quantitative estimate of drug-likeness (QED) is 0.614. The van der Waals surface area contributed by atoms with E-state index >= 15 is 0 Å². The molecule has 2 N–H and O–H groups in total. The predicted octanol–water partition coefficient (Wildman–Crippen LogP) is 1.78. The van der Waals surface area contributed by atoms with Crippen LogP contribution in [0, 0.1) is 0 Å². The van der Waals surface area contributed by atoms with Crippen LogP contribution in [0.15, 0.2) is 11.6 Å². The standard InChI is InChI=1S/C7H12ClNO/c8-6-4-2-1-3-5-7(9)10/h4,6H,1-3,5H2,(H2,9,10)/b6-4+. The van der Waals surface area contributed by atoms with Crippen molar-refractivity contribution in [2.24, 2.45) is 5.73 Å². The van der Waals surface area contributed by atoms with Crippen LogP contribution >= 0.6 is 11.6 Å². The molecule has 0 aliphatic carbocycles. The molecule has 2 nitrogen and oxygen atoms in total. The number of nitrogens with two attached hydrogens (primary N) is 1. The number of unbranched alkanes of at least 4 members (excludes halogenated alkanes) is 2. The van der Waals surface area contributed by atoms with Gasteiger partial charge in [0, 0.05) is 12.0 Å². The fraction of sp³-hybridized carbons (Fsp3) is 0.571. The summed E-state index contributed by atoms with van der Waals surface area (Å²) in [7, 11) is 0. The lowest BCUT2D eigenvalue weighted by Gasteiger charge is -1.92. The number of carbonyl (C=O) groups excluding carboxylic acids is 1. The second-order valence-corrected chi connectivity index (χ2v) is 2.33. The van der Waals surface area contributed by atoms with Gasteiger partial charge in [0.15, 0.2) is 0 Å². The molecule has 0 aromatic rings. The van der Waals surface area contributed by atoms with Crippen molar-refractivity contribution in [1.29, 1.82) is 0 Å². The molecular formula is C7H12ClNO. The lowest BCUT2D eigenvalue weighted by molar-refractivity contribution is -0.118. The Labute approximate surface area is 66.0 Å². The van der Waals surface area contributed by atoms with Crippen LogP contribution in [0.4, 0.5) is 0 Å². The Hall–Kier alpha value is -0.500. The topological polar surface area (TPSA) is 43.1 Å². The van der Waals surface area contributed by atoms with E-state index in [1.807, 2.05) is 6.08 Å². The molecule has 0 saturated carbocycles. The maximum Gasteiger partial charge on any atom is 0.217 e. The molecule has 0 aromatic heterocycles. The Morgan fingerprint density at radius 3 is 2.70 bits per heavy atom. The smallest absolute Gasteiger partial charge is 0.217 e. The molecule has 0 rings (SSSR count). The molecule has 0 aromatic carbocycles. The summed E-state index contributed by atoms with van der Waals surface area (Å²) < 4.78 is 0. The van der Waals surface area contributed by atoms with Gasteiger partial charge in [-0.2, -0.15) is 0 Å². The Bertz CT molecular complexity index is 123. The normalized spacial score (nSPS) is 10.5. The molecule has 1 amide bonds. The zero-order chi connectivity index (χ0) is 7.82. The molecule has 10 heavy (non-hydrogen) atoms. The minimum Gasteiger partial charge on any atom is -0.370 e. The fourth-order valence-corrected chi connectivity index (χ4v) is 0.750. The van der Waals surface area contributed by atoms with E-state index in [-0.39, 0.29) is 5.91 Å². The number of carbonyl (C=O) groups is 1. The molecule has 0 aliphatic heterocycles. The first-order chi connectivity index (χ1) is 4.77. The lowest BCUT2D eigenvalue weighted by Crippen LogP contribution is -2.09. The zero-order valence-electron chi connectivity index (χ0n) is 5.85. The van der Waals surface area contributed by atoms with Gasteiger partial charge in [-0.1, -0.05) is 17.7 Å². The number of rotatable bonds is 5. The summed E-state index contributed by atoms with van der Waals surface area (Å²) in [5.41, 5.74) is 6.41. The van der Waals surface area contributed by atoms with Crippen molar-refractivity contribution < 1.29 is 4.79 Å². The molecule has 0 fully saturated rings. The SMILES string of the molecule is NC(=O)CCCC/C=C/Cl. The first-order valence-corrected chi connectivity index (χ1v) is 3.74. The summed E-state index contributed by atoms with van der Waals surface area (Å²) in [4.78, 5) is 10.2. The van der Waals surface area contributed by atoms with Crippen LogP contribution in [0.5, 0.6) is 0 Å². The maximum atomic E-state index is 10.2. The van der Waals surface area contributed by atoms with E-state index in [0.717, 1.165) is 19.3 Å². The van der Waals surface area contributed by atoms with Crippen LogP contribution in [0.3, 0.4) is 0 Å². The maximum absolute atomic E-state index is 10.2. The second kappa shape index (κ2) is 6.62. The van der Waals surface area contributed by atoms with Gasteiger partial charge in [-0.3, -0.25) is 4.79 Å². The van der Waals surface area contributed by atoms with Gasteiger partial charge in [-0.05, 0) is 19.3 Å². The van der Waals surface area contributed by atoms with E-state index in [9.17, 15) is 4.79 Å². The molecule has 0 saturated heterocycles. The third-order valence-corrected chi connectivity index (χ3v) is 1.31. The molecular weight excluding hydrogens is 150 g/mol. The number of hydrogen-bond donors (Lipinski definition) is 1. The van der Waals surface area contributed by atoms with Crippen LogP contribution in [0.25, 0.3) is 0 Å². The third-order valence-electron chi connectivity index (χ3n) is 1.13. The Kier molecular flexibility index (Phi) is 6.29. The van der Waals surface area contributed by atoms with Crippen molar-refractivity contribution in [2.75, 3.05) is 0 Å².